The zero-order valence-electron chi connectivity index (χ0n) is 17.1. The van der Waals surface area contributed by atoms with Gasteiger partial charge in [0.2, 0.25) is 0 Å². The van der Waals surface area contributed by atoms with Crippen LogP contribution in [0.4, 0.5) is 0 Å². The highest BCUT2D eigenvalue weighted by molar-refractivity contribution is 6.35. The fraction of sp³-hybridized carbons (Fsp3) is 0.773. The minimum atomic E-state index is -0.736. The molecule has 7 heteroatoms. The summed E-state index contributed by atoms with van der Waals surface area (Å²) in [7, 11) is 0. The molecule has 1 saturated carbocycles. The average molecular weight is 407 g/mol. The summed E-state index contributed by atoms with van der Waals surface area (Å²) in [5, 5.41) is 14.1. The van der Waals surface area contributed by atoms with Gasteiger partial charge in [0.25, 0.3) is 0 Å². The Labute approximate surface area is 172 Å². The molecule has 7 nitrogen and oxygen atoms in total. The molecule has 0 radical (unpaired) electrons. The summed E-state index contributed by atoms with van der Waals surface area (Å²) in [5.41, 5.74) is 0. The van der Waals surface area contributed by atoms with E-state index in [2.05, 4.69) is 22.8 Å². The predicted molar refractivity (Wildman–Crippen MR) is 108 cm³/mol. The van der Waals surface area contributed by atoms with Crippen LogP contribution in [-0.4, -0.2) is 47.7 Å². The quantitative estimate of drug-likeness (QED) is 0.262. The fourth-order valence-electron chi connectivity index (χ4n) is 4.61. The van der Waals surface area contributed by atoms with E-state index in [1.165, 1.54) is 0 Å². The number of nitrogens with one attached hydrogen (secondary N) is 2. The maximum Gasteiger partial charge on any atom is 0.309 e. The second kappa shape index (κ2) is 10.8. The van der Waals surface area contributed by atoms with Crippen molar-refractivity contribution < 1.29 is 24.2 Å². The predicted octanol–water partition coefficient (Wildman–Crippen LogP) is 2.55. The molecule has 0 aromatic rings. The number of hydrogen-bond donors (Lipinski definition) is 3. The van der Waals surface area contributed by atoms with Gasteiger partial charge in [0.15, 0.2) is 0 Å². The maximum absolute atomic E-state index is 11.7. The second-order valence-electron chi connectivity index (χ2n) is 8.61. The highest BCUT2D eigenvalue weighted by Gasteiger charge is 2.47. The van der Waals surface area contributed by atoms with Crippen molar-refractivity contribution in [3.8, 4) is 0 Å². The molecule has 0 unspecified atom stereocenters. The number of aliphatic carboxylic acids is 1. The Morgan fingerprint density at radius 3 is 2.41 bits per heavy atom. The van der Waals surface area contributed by atoms with Crippen molar-refractivity contribution in [1.82, 2.24) is 10.6 Å². The third-order valence-corrected chi connectivity index (χ3v) is 6.30. The van der Waals surface area contributed by atoms with Crippen LogP contribution in [0, 0.1) is 11.8 Å². The zero-order chi connectivity index (χ0) is 20.6. The van der Waals surface area contributed by atoms with Crippen LogP contribution in [0.15, 0.2) is 12.2 Å². The van der Waals surface area contributed by atoms with Crippen LogP contribution in [0.3, 0.4) is 0 Å². The molecule has 3 fully saturated rings. The Morgan fingerprint density at radius 2 is 1.69 bits per heavy atom. The van der Waals surface area contributed by atoms with Crippen molar-refractivity contribution in [1.29, 1.82) is 0 Å². The van der Waals surface area contributed by atoms with Crippen LogP contribution in [0.25, 0.3) is 0 Å². The van der Waals surface area contributed by atoms with E-state index in [0.717, 1.165) is 57.8 Å². The highest BCUT2D eigenvalue weighted by atomic mass is 16.5. The molecule has 2 bridgehead atoms. The number of allylic oxidation sites excluding steroid dienone is 2. The van der Waals surface area contributed by atoms with E-state index in [1.54, 1.807) is 0 Å². The van der Waals surface area contributed by atoms with E-state index in [1.807, 2.05) is 0 Å². The van der Waals surface area contributed by atoms with Gasteiger partial charge >= 0.3 is 17.8 Å². The fourth-order valence-corrected chi connectivity index (χ4v) is 4.61. The first-order valence-electron chi connectivity index (χ1n) is 11.2. The number of carbonyl (C=O) groups is 3. The molecule has 3 N–H and O–H groups in total. The van der Waals surface area contributed by atoms with Gasteiger partial charge in [-0.25, -0.2) is 0 Å². The maximum atomic E-state index is 11.7. The monoisotopic (exact) mass is 406 g/mol. The minimum Gasteiger partial charge on any atom is -0.481 e. The van der Waals surface area contributed by atoms with Crippen molar-refractivity contribution in [3.63, 3.8) is 0 Å². The van der Waals surface area contributed by atoms with Gasteiger partial charge in [-0.1, -0.05) is 18.6 Å². The number of ether oxygens (including phenoxy) is 1. The van der Waals surface area contributed by atoms with Crippen molar-refractivity contribution in [3.05, 3.63) is 12.2 Å². The molecule has 0 aromatic carbocycles. The van der Waals surface area contributed by atoms with Crippen LogP contribution in [-0.2, 0) is 19.1 Å². The Morgan fingerprint density at radius 1 is 0.931 bits per heavy atom. The molecule has 0 aromatic heterocycles. The first kappa shape index (κ1) is 21.8. The van der Waals surface area contributed by atoms with Gasteiger partial charge in [-0.15, -0.1) is 0 Å². The number of fused-ring (bicyclic) bond motifs is 2. The van der Waals surface area contributed by atoms with E-state index < -0.39 is 17.8 Å². The summed E-state index contributed by atoms with van der Waals surface area (Å²) in [5.74, 6) is -0.662. The summed E-state index contributed by atoms with van der Waals surface area (Å²) in [6.45, 7) is 0.534. The molecule has 29 heavy (non-hydrogen) atoms. The van der Waals surface area contributed by atoms with Crippen molar-refractivity contribution in [2.75, 3.05) is 6.54 Å². The van der Waals surface area contributed by atoms with Crippen molar-refractivity contribution in [2.45, 2.75) is 88.9 Å². The molecule has 3 aliphatic rings. The Hall–Kier alpha value is -1.89. The number of carboxylic acid groups (broad SMARTS) is 1. The number of carboxylic acids is 1. The van der Waals surface area contributed by atoms with Gasteiger partial charge in [0.1, 0.15) is 0 Å². The van der Waals surface area contributed by atoms with Gasteiger partial charge in [-0.05, 0) is 69.6 Å². The highest BCUT2D eigenvalue weighted by Crippen LogP contribution is 2.47. The Bertz CT molecular complexity index is 616. The third kappa shape index (κ3) is 6.84. The number of carbonyl (C=O) groups excluding carboxylic acids is 2. The van der Waals surface area contributed by atoms with E-state index >= 15 is 0 Å². The third-order valence-electron chi connectivity index (χ3n) is 6.30. The number of unbranched alkanes of at least 4 members (excludes halogenated alkanes) is 2. The largest absolute Gasteiger partial charge is 0.481 e. The molecule has 1 aliphatic carbocycles. The van der Waals surface area contributed by atoms with Crippen LogP contribution in [0.1, 0.15) is 70.6 Å². The summed E-state index contributed by atoms with van der Waals surface area (Å²) in [6.07, 6.45) is 15.0. The van der Waals surface area contributed by atoms with Crippen LogP contribution < -0.4 is 10.6 Å². The standard InChI is InChI=1S/C22H34N2O5/c25-20(26)9-4-2-1-3-7-16-17(19-13-12-18(16)29-19)8-5-6-14-23-21(27)22(28)24-15-10-11-15/h1,3,15-19H,2,4-14H2,(H,23,27)(H,24,28)(H,25,26)/t16-,17+,18-,19+/m1/s1. The molecule has 162 valence electrons. The lowest BCUT2D eigenvalue weighted by Crippen LogP contribution is -2.41. The lowest BCUT2D eigenvalue weighted by atomic mass is 9.75. The van der Waals surface area contributed by atoms with Crippen molar-refractivity contribution >= 4 is 17.8 Å². The average Bonchev–Trinajstić information content (AvgIpc) is 3.28. The van der Waals surface area contributed by atoms with Crippen LogP contribution in [0.2, 0.25) is 0 Å². The zero-order valence-corrected chi connectivity index (χ0v) is 17.1. The van der Waals surface area contributed by atoms with Crippen molar-refractivity contribution in [2.24, 2.45) is 11.8 Å². The lowest BCUT2D eigenvalue weighted by molar-refractivity contribution is -0.139. The molecule has 2 saturated heterocycles. The van der Waals surface area contributed by atoms with Gasteiger partial charge in [-0.3, -0.25) is 14.4 Å². The first-order valence-corrected chi connectivity index (χ1v) is 11.2. The molecule has 0 spiro atoms. The first-order chi connectivity index (χ1) is 14.0. The minimum absolute atomic E-state index is 0.203. The van der Waals surface area contributed by atoms with Gasteiger partial charge < -0.3 is 20.5 Å². The Balaban J connectivity index is 1.31. The smallest absolute Gasteiger partial charge is 0.309 e. The number of amides is 2. The topological polar surface area (TPSA) is 105 Å². The summed E-state index contributed by atoms with van der Waals surface area (Å²) in [4.78, 5) is 33.9. The number of hydrogen-bond acceptors (Lipinski definition) is 4. The number of rotatable bonds is 12. The molecule has 2 amide bonds. The normalized spacial score (nSPS) is 28.0. The Kier molecular flexibility index (Phi) is 8.09. The molecular formula is C22H34N2O5. The van der Waals surface area contributed by atoms with Gasteiger partial charge in [-0.2, -0.15) is 0 Å². The SMILES string of the molecule is O=C(O)CCCC=CC[C@@H]1[C@H](CCCCNC(=O)C(=O)NC2CC2)[C@@H]2CC[C@H]1O2. The molecule has 4 atom stereocenters. The molecule has 2 heterocycles. The molecular weight excluding hydrogens is 372 g/mol. The van der Waals surface area contributed by atoms with E-state index in [9.17, 15) is 14.4 Å². The summed E-state index contributed by atoms with van der Waals surface area (Å²) >= 11 is 0. The van der Waals surface area contributed by atoms with E-state index in [4.69, 9.17) is 9.84 Å². The molecule has 2 aliphatic heterocycles. The summed E-state index contributed by atoms with van der Waals surface area (Å²) < 4.78 is 6.14. The summed E-state index contributed by atoms with van der Waals surface area (Å²) in [6, 6.07) is 0.203. The molecule has 3 rings (SSSR count). The van der Waals surface area contributed by atoms with Gasteiger partial charge in [0.05, 0.1) is 12.2 Å². The van der Waals surface area contributed by atoms with E-state index in [0.29, 0.717) is 37.0 Å². The second-order valence-corrected chi connectivity index (χ2v) is 8.61. The lowest BCUT2D eigenvalue weighted by Gasteiger charge is -2.27. The van der Waals surface area contributed by atoms with Gasteiger partial charge in [0, 0.05) is 19.0 Å². The van der Waals surface area contributed by atoms with Crippen LogP contribution in [0.5, 0.6) is 0 Å². The van der Waals surface area contributed by atoms with Crippen LogP contribution >= 0.6 is 0 Å². The van der Waals surface area contributed by atoms with E-state index in [-0.39, 0.29) is 12.5 Å².